The molecule has 0 bridgehead atoms. The fraction of sp³-hybridized carbons (Fsp3) is 0.250. The predicted molar refractivity (Wildman–Crippen MR) is 98.4 cm³/mol. The first-order chi connectivity index (χ1) is 12.3. The van der Waals surface area contributed by atoms with Crippen LogP contribution in [0.15, 0.2) is 67.0 Å². The van der Waals surface area contributed by atoms with Gasteiger partial charge in [-0.3, -0.25) is 4.98 Å². The van der Waals surface area contributed by atoms with E-state index in [1.165, 1.54) is 0 Å². The number of methoxy groups -OCH3 is 1. The summed E-state index contributed by atoms with van der Waals surface area (Å²) in [6.45, 7) is 2.03. The Labute approximate surface area is 148 Å². The van der Waals surface area contributed by atoms with E-state index in [1.54, 1.807) is 19.5 Å². The number of ether oxygens (including phenoxy) is 1. The lowest BCUT2D eigenvalue weighted by Crippen LogP contribution is -2.36. The molecule has 0 unspecified atom stereocenters. The molecule has 5 heteroatoms. The van der Waals surface area contributed by atoms with Gasteiger partial charge < -0.3 is 14.0 Å². The summed E-state index contributed by atoms with van der Waals surface area (Å²) in [6, 6.07) is 12.1. The zero-order valence-electron chi connectivity index (χ0n) is 14.3. The van der Waals surface area contributed by atoms with Crippen LogP contribution < -0.4 is 5.46 Å². The van der Waals surface area contributed by atoms with Crippen molar-refractivity contribution in [1.82, 2.24) is 4.98 Å². The first-order valence-electron chi connectivity index (χ1n) is 8.49. The van der Waals surface area contributed by atoms with Crippen molar-refractivity contribution < 1.29 is 14.0 Å². The van der Waals surface area contributed by atoms with E-state index in [4.69, 9.17) is 14.0 Å². The van der Waals surface area contributed by atoms with Crippen LogP contribution in [0, 0.1) is 0 Å². The third kappa shape index (κ3) is 3.06. The summed E-state index contributed by atoms with van der Waals surface area (Å²) in [6.07, 6.45) is 9.54. The van der Waals surface area contributed by atoms with Gasteiger partial charge in [0.25, 0.3) is 0 Å². The van der Waals surface area contributed by atoms with Crippen molar-refractivity contribution in [3.8, 4) is 0 Å². The molecule has 1 aliphatic carbocycles. The lowest BCUT2D eigenvalue weighted by Gasteiger charge is -2.22. The summed E-state index contributed by atoms with van der Waals surface area (Å²) in [5.41, 5.74) is 4.34. The van der Waals surface area contributed by atoms with Crippen LogP contribution in [-0.2, 0) is 14.0 Å². The largest absolute Gasteiger partial charge is 0.495 e. The molecule has 0 N–H and O–H groups in total. The average Bonchev–Trinajstić information content (AvgIpc) is 3.12. The second-order valence-corrected chi connectivity index (χ2v) is 6.24. The summed E-state index contributed by atoms with van der Waals surface area (Å²) in [7, 11) is 1.31. The molecule has 3 atom stereocenters. The Hall–Kier alpha value is -2.21. The Morgan fingerprint density at radius 2 is 1.92 bits per heavy atom. The van der Waals surface area contributed by atoms with Crippen LogP contribution in [0.3, 0.4) is 0 Å². The molecule has 2 aliphatic rings. The molecule has 4 rings (SSSR count). The third-order valence-corrected chi connectivity index (χ3v) is 4.79. The van der Waals surface area contributed by atoms with Gasteiger partial charge in [-0.15, -0.1) is 0 Å². The summed E-state index contributed by atoms with van der Waals surface area (Å²) in [5.74, 6) is 0. The highest BCUT2D eigenvalue weighted by Crippen LogP contribution is 2.33. The number of pyridine rings is 1. The summed E-state index contributed by atoms with van der Waals surface area (Å²) < 4.78 is 18.1. The molecule has 1 saturated heterocycles. The molecule has 4 nitrogen and oxygen atoms in total. The molecular formula is C20H20BNO3. The summed E-state index contributed by atoms with van der Waals surface area (Å²) in [4.78, 5) is 4.10. The highest BCUT2D eigenvalue weighted by atomic mass is 16.7. The minimum Gasteiger partial charge on any atom is -0.398 e. The van der Waals surface area contributed by atoms with E-state index in [1.807, 2.05) is 43.3 Å². The van der Waals surface area contributed by atoms with Gasteiger partial charge in [0.05, 0.1) is 18.3 Å². The average molecular weight is 333 g/mol. The number of aromatic nitrogens is 1. The Balaban J connectivity index is 1.64. The van der Waals surface area contributed by atoms with E-state index in [9.17, 15) is 0 Å². The lowest BCUT2D eigenvalue weighted by molar-refractivity contribution is 0.120. The number of fused-ring (bicyclic) bond motifs is 1. The molecule has 1 aromatic carbocycles. The molecule has 1 fully saturated rings. The van der Waals surface area contributed by atoms with Gasteiger partial charge >= 0.3 is 7.12 Å². The monoisotopic (exact) mass is 333 g/mol. The highest BCUT2D eigenvalue weighted by Gasteiger charge is 2.43. The first kappa shape index (κ1) is 16.3. The smallest absolute Gasteiger partial charge is 0.398 e. The molecule has 25 heavy (non-hydrogen) atoms. The second kappa shape index (κ2) is 6.96. The zero-order chi connectivity index (χ0) is 17.2. The van der Waals surface area contributed by atoms with Crippen LogP contribution in [0.25, 0.3) is 5.57 Å². The number of benzene rings is 1. The number of rotatable bonds is 4. The van der Waals surface area contributed by atoms with Gasteiger partial charge in [-0.05, 0) is 41.2 Å². The van der Waals surface area contributed by atoms with E-state index in [0.29, 0.717) is 0 Å². The normalized spacial score (nSPS) is 23.3. The molecule has 1 aliphatic heterocycles. The second-order valence-electron chi connectivity index (χ2n) is 6.24. The van der Waals surface area contributed by atoms with Crippen molar-refractivity contribution in [3.05, 3.63) is 78.1 Å². The minimum atomic E-state index is -0.406. The van der Waals surface area contributed by atoms with Gasteiger partial charge in [-0.25, -0.2) is 0 Å². The summed E-state index contributed by atoms with van der Waals surface area (Å²) >= 11 is 0. The van der Waals surface area contributed by atoms with E-state index >= 15 is 0 Å². The van der Waals surface area contributed by atoms with Crippen molar-refractivity contribution in [2.75, 3.05) is 7.11 Å². The molecule has 0 spiro atoms. The predicted octanol–water partition coefficient (Wildman–Crippen LogP) is 2.92. The molecule has 0 saturated carbocycles. The maximum absolute atomic E-state index is 6.34. The van der Waals surface area contributed by atoms with Gasteiger partial charge in [0.15, 0.2) is 0 Å². The van der Waals surface area contributed by atoms with Crippen LogP contribution in [-0.4, -0.2) is 31.4 Å². The minimum absolute atomic E-state index is 0.0169. The number of nitrogens with zero attached hydrogens (tertiary/aromatic N) is 1. The third-order valence-electron chi connectivity index (χ3n) is 4.79. The number of allylic oxidation sites excluding steroid dienone is 2. The van der Waals surface area contributed by atoms with Crippen LogP contribution in [0.5, 0.6) is 0 Å². The molecule has 126 valence electrons. The van der Waals surface area contributed by atoms with Gasteiger partial charge in [0.1, 0.15) is 0 Å². The summed E-state index contributed by atoms with van der Waals surface area (Å²) in [5, 5.41) is 0. The molecule has 0 radical (unpaired) electrons. The van der Waals surface area contributed by atoms with E-state index < -0.39 is 7.12 Å². The van der Waals surface area contributed by atoms with E-state index in [0.717, 1.165) is 22.2 Å². The molecule has 0 amide bonds. The van der Waals surface area contributed by atoms with E-state index in [2.05, 4.69) is 23.2 Å². The zero-order valence-corrected chi connectivity index (χ0v) is 14.3. The Kier molecular flexibility index (Phi) is 4.53. The molecule has 1 aromatic heterocycles. The van der Waals surface area contributed by atoms with Crippen molar-refractivity contribution in [1.29, 1.82) is 0 Å². The number of hydrogen-bond donors (Lipinski definition) is 0. The maximum atomic E-state index is 6.34. The Bertz CT molecular complexity index is 806. The standard InChI is InChI=1S/C20H20BNO3/c1-14(23-2)16-6-3-4-8-18(16)21-24-19-9-5-7-17(20(19)25-21)15-10-12-22-13-11-15/h3-14,19-20H,1-2H3/t14-,19+,20-/m1/s1. The quantitative estimate of drug-likeness (QED) is 0.807. The van der Waals surface area contributed by atoms with Crippen LogP contribution >= 0.6 is 0 Å². The van der Waals surface area contributed by atoms with Gasteiger partial charge in [0, 0.05) is 19.5 Å². The SMILES string of the molecule is CO[C@H](C)c1ccccc1B1O[C@H]2C=CC=C(c3ccncc3)[C@H]2O1. The Morgan fingerprint density at radius 1 is 1.12 bits per heavy atom. The van der Waals surface area contributed by atoms with Crippen LogP contribution in [0.2, 0.25) is 0 Å². The van der Waals surface area contributed by atoms with Gasteiger partial charge in [-0.1, -0.05) is 42.5 Å². The fourth-order valence-corrected chi connectivity index (χ4v) is 3.39. The van der Waals surface area contributed by atoms with Crippen molar-refractivity contribution in [3.63, 3.8) is 0 Å². The van der Waals surface area contributed by atoms with Crippen molar-refractivity contribution in [2.45, 2.75) is 25.2 Å². The van der Waals surface area contributed by atoms with Gasteiger partial charge in [0.2, 0.25) is 0 Å². The van der Waals surface area contributed by atoms with Gasteiger partial charge in [-0.2, -0.15) is 0 Å². The van der Waals surface area contributed by atoms with Crippen LogP contribution in [0.4, 0.5) is 0 Å². The van der Waals surface area contributed by atoms with E-state index in [-0.39, 0.29) is 18.3 Å². The number of hydrogen-bond acceptors (Lipinski definition) is 4. The molecule has 2 heterocycles. The van der Waals surface area contributed by atoms with Crippen molar-refractivity contribution >= 4 is 18.2 Å². The lowest BCUT2D eigenvalue weighted by atomic mass is 9.75. The highest BCUT2D eigenvalue weighted by molar-refractivity contribution is 6.62. The maximum Gasteiger partial charge on any atom is 0.495 e. The first-order valence-corrected chi connectivity index (χ1v) is 8.49. The van der Waals surface area contributed by atoms with Crippen molar-refractivity contribution in [2.24, 2.45) is 0 Å². The topological polar surface area (TPSA) is 40.6 Å². The van der Waals surface area contributed by atoms with Crippen LogP contribution in [0.1, 0.15) is 24.2 Å². The molecular weight excluding hydrogens is 313 g/mol. The Morgan fingerprint density at radius 3 is 2.72 bits per heavy atom. The fourth-order valence-electron chi connectivity index (χ4n) is 3.39. The molecule has 2 aromatic rings.